The highest BCUT2D eigenvalue weighted by Gasteiger charge is 2.10. The summed E-state index contributed by atoms with van der Waals surface area (Å²) in [5, 5.41) is 11.2. The van der Waals surface area contributed by atoms with Crippen LogP contribution in [0.25, 0.3) is 0 Å². The molecule has 0 fully saturated rings. The van der Waals surface area contributed by atoms with Crippen LogP contribution < -0.4 is 0 Å². The lowest BCUT2D eigenvalue weighted by atomic mass is 10.3. The standard InChI is InChI=1S/C6H6BrClOS/c7-4-1-2-10-6(4)5(9)3-8/h1-2,5,9H,3H2. The van der Waals surface area contributed by atoms with Crippen LogP contribution in [0.15, 0.2) is 15.9 Å². The van der Waals surface area contributed by atoms with Crippen molar-refractivity contribution in [1.82, 2.24) is 0 Å². The number of hydrogen-bond donors (Lipinski definition) is 1. The molecule has 0 amide bonds. The first-order valence-corrected chi connectivity index (χ1v) is 4.93. The van der Waals surface area contributed by atoms with Gasteiger partial charge in [0, 0.05) is 9.35 Å². The second-order valence-electron chi connectivity index (χ2n) is 1.80. The fourth-order valence-electron chi connectivity index (χ4n) is 0.613. The molecule has 1 N–H and O–H groups in total. The minimum Gasteiger partial charge on any atom is -0.386 e. The summed E-state index contributed by atoms with van der Waals surface area (Å²) < 4.78 is 0.936. The lowest BCUT2D eigenvalue weighted by Gasteiger charge is -2.02. The number of alkyl halides is 1. The predicted octanol–water partition coefficient (Wildman–Crippen LogP) is 2.78. The van der Waals surface area contributed by atoms with Gasteiger partial charge in [-0.25, -0.2) is 0 Å². The van der Waals surface area contributed by atoms with E-state index < -0.39 is 6.10 Å². The molecule has 1 nitrogen and oxygen atoms in total. The van der Waals surface area contributed by atoms with Gasteiger partial charge in [-0.1, -0.05) is 0 Å². The summed E-state index contributed by atoms with van der Waals surface area (Å²) in [4.78, 5) is 0.898. The lowest BCUT2D eigenvalue weighted by Crippen LogP contribution is -1.95. The Labute approximate surface area is 76.8 Å². The largest absolute Gasteiger partial charge is 0.386 e. The van der Waals surface area contributed by atoms with Gasteiger partial charge in [-0.05, 0) is 27.4 Å². The smallest absolute Gasteiger partial charge is 0.103 e. The van der Waals surface area contributed by atoms with Gasteiger partial charge in [-0.3, -0.25) is 0 Å². The second kappa shape index (κ2) is 3.72. The molecular formula is C6H6BrClOS. The van der Waals surface area contributed by atoms with Crippen LogP contribution in [0.4, 0.5) is 0 Å². The van der Waals surface area contributed by atoms with Crippen molar-refractivity contribution in [3.05, 3.63) is 20.8 Å². The number of aliphatic hydroxyl groups excluding tert-OH is 1. The molecule has 1 aromatic rings. The van der Waals surface area contributed by atoms with E-state index in [9.17, 15) is 5.11 Å². The number of aliphatic hydroxyl groups is 1. The number of hydrogen-bond acceptors (Lipinski definition) is 2. The summed E-state index contributed by atoms with van der Waals surface area (Å²) in [5.74, 6) is 0.249. The first kappa shape index (κ1) is 8.53. The summed E-state index contributed by atoms with van der Waals surface area (Å²) in [5.41, 5.74) is 0. The molecule has 0 spiro atoms. The summed E-state index contributed by atoms with van der Waals surface area (Å²) in [6, 6.07) is 1.90. The Balaban J connectivity index is 2.82. The molecule has 0 aliphatic carbocycles. The maximum Gasteiger partial charge on any atom is 0.103 e. The van der Waals surface area contributed by atoms with E-state index in [1.165, 1.54) is 11.3 Å². The van der Waals surface area contributed by atoms with Crippen molar-refractivity contribution < 1.29 is 5.11 Å². The molecule has 1 heterocycles. The van der Waals surface area contributed by atoms with Gasteiger partial charge < -0.3 is 5.11 Å². The zero-order valence-electron chi connectivity index (χ0n) is 5.05. The van der Waals surface area contributed by atoms with Gasteiger partial charge in [0.2, 0.25) is 0 Å². The maximum atomic E-state index is 9.25. The van der Waals surface area contributed by atoms with Crippen molar-refractivity contribution in [3.63, 3.8) is 0 Å². The Morgan fingerprint density at radius 1 is 1.80 bits per heavy atom. The summed E-state index contributed by atoms with van der Waals surface area (Å²) in [7, 11) is 0. The van der Waals surface area contributed by atoms with Crippen LogP contribution in [0.3, 0.4) is 0 Å². The average molecular weight is 242 g/mol. The SMILES string of the molecule is OC(CCl)c1sccc1Br. The molecule has 1 unspecified atom stereocenters. The van der Waals surface area contributed by atoms with Crippen molar-refractivity contribution in [3.8, 4) is 0 Å². The van der Waals surface area contributed by atoms with E-state index in [-0.39, 0.29) is 5.88 Å². The molecule has 10 heavy (non-hydrogen) atoms. The zero-order chi connectivity index (χ0) is 7.56. The highest BCUT2D eigenvalue weighted by atomic mass is 79.9. The first-order valence-electron chi connectivity index (χ1n) is 2.72. The number of thiophene rings is 1. The molecule has 0 bridgehead atoms. The Kier molecular flexibility index (Phi) is 3.17. The van der Waals surface area contributed by atoms with Crippen molar-refractivity contribution in [2.24, 2.45) is 0 Å². The molecule has 0 aromatic carbocycles. The number of rotatable bonds is 2. The van der Waals surface area contributed by atoms with E-state index >= 15 is 0 Å². The fourth-order valence-corrected chi connectivity index (χ4v) is 2.48. The lowest BCUT2D eigenvalue weighted by molar-refractivity contribution is 0.206. The topological polar surface area (TPSA) is 20.2 Å². The normalized spacial score (nSPS) is 13.5. The Hall–Kier alpha value is 0.430. The van der Waals surface area contributed by atoms with Crippen molar-refractivity contribution in [1.29, 1.82) is 0 Å². The third kappa shape index (κ3) is 1.72. The molecule has 0 aliphatic heterocycles. The van der Waals surface area contributed by atoms with Crippen LogP contribution in [-0.2, 0) is 0 Å². The van der Waals surface area contributed by atoms with Gasteiger partial charge in [0.1, 0.15) is 6.10 Å². The monoisotopic (exact) mass is 240 g/mol. The Morgan fingerprint density at radius 3 is 2.90 bits per heavy atom. The zero-order valence-corrected chi connectivity index (χ0v) is 8.21. The van der Waals surface area contributed by atoms with Crippen LogP contribution in [0.5, 0.6) is 0 Å². The van der Waals surface area contributed by atoms with Gasteiger partial charge in [-0.2, -0.15) is 0 Å². The molecule has 56 valence electrons. The molecular weight excluding hydrogens is 235 g/mol. The third-order valence-electron chi connectivity index (χ3n) is 1.09. The van der Waals surface area contributed by atoms with E-state index in [0.717, 1.165) is 9.35 Å². The summed E-state index contributed by atoms with van der Waals surface area (Å²) in [6.07, 6.45) is -0.531. The van der Waals surface area contributed by atoms with E-state index in [2.05, 4.69) is 15.9 Å². The minimum absolute atomic E-state index is 0.249. The molecule has 0 aliphatic rings. The third-order valence-corrected chi connectivity index (χ3v) is 3.36. The summed E-state index contributed by atoms with van der Waals surface area (Å²) >= 11 is 10.3. The molecule has 0 radical (unpaired) electrons. The van der Waals surface area contributed by atoms with E-state index in [4.69, 9.17) is 11.6 Å². The van der Waals surface area contributed by atoms with E-state index in [1.54, 1.807) is 0 Å². The van der Waals surface area contributed by atoms with Crippen molar-refractivity contribution >= 4 is 38.9 Å². The average Bonchev–Trinajstić information content (AvgIpc) is 2.34. The predicted molar refractivity (Wildman–Crippen MR) is 47.7 cm³/mol. The van der Waals surface area contributed by atoms with Gasteiger partial charge in [0.15, 0.2) is 0 Å². The molecule has 0 saturated heterocycles. The molecule has 4 heteroatoms. The quantitative estimate of drug-likeness (QED) is 0.790. The van der Waals surface area contributed by atoms with Crippen LogP contribution in [0.1, 0.15) is 11.0 Å². The highest BCUT2D eigenvalue weighted by Crippen LogP contribution is 2.29. The van der Waals surface area contributed by atoms with Gasteiger partial charge in [-0.15, -0.1) is 22.9 Å². The minimum atomic E-state index is -0.531. The van der Waals surface area contributed by atoms with Gasteiger partial charge >= 0.3 is 0 Å². The molecule has 0 saturated carbocycles. The summed E-state index contributed by atoms with van der Waals surface area (Å²) in [6.45, 7) is 0. The van der Waals surface area contributed by atoms with Crippen molar-refractivity contribution in [2.45, 2.75) is 6.10 Å². The van der Waals surface area contributed by atoms with E-state index in [1.807, 2.05) is 11.4 Å². The van der Waals surface area contributed by atoms with Crippen LogP contribution in [0.2, 0.25) is 0 Å². The Bertz CT molecular complexity index is 213. The van der Waals surface area contributed by atoms with Gasteiger partial charge in [0.05, 0.1) is 5.88 Å². The van der Waals surface area contributed by atoms with Crippen LogP contribution in [-0.4, -0.2) is 11.0 Å². The van der Waals surface area contributed by atoms with Crippen molar-refractivity contribution in [2.75, 3.05) is 5.88 Å². The van der Waals surface area contributed by atoms with Crippen LogP contribution >= 0.6 is 38.9 Å². The molecule has 1 aromatic heterocycles. The maximum absolute atomic E-state index is 9.25. The highest BCUT2D eigenvalue weighted by molar-refractivity contribution is 9.10. The van der Waals surface area contributed by atoms with Crippen LogP contribution in [0, 0.1) is 0 Å². The Morgan fingerprint density at radius 2 is 2.50 bits per heavy atom. The number of halogens is 2. The fraction of sp³-hybridized carbons (Fsp3) is 0.333. The van der Waals surface area contributed by atoms with E-state index in [0.29, 0.717) is 0 Å². The van der Waals surface area contributed by atoms with Gasteiger partial charge in [0.25, 0.3) is 0 Å². The molecule has 1 atom stereocenters. The molecule has 1 rings (SSSR count). The first-order chi connectivity index (χ1) is 4.75. The second-order valence-corrected chi connectivity index (χ2v) is 3.91.